The van der Waals surface area contributed by atoms with E-state index in [-0.39, 0.29) is 0 Å². The molecule has 4 heteroatoms. The normalized spacial score (nSPS) is 12.7. The first-order valence-corrected chi connectivity index (χ1v) is 2.04. The molecule has 0 fully saturated rings. The van der Waals surface area contributed by atoms with Crippen molar-refractivity contribution < 1.29 is 9.18 Å². The molecule has 2 N–H and O–H groups in total. The summed E-state index contributed by atoms with van der Waals surface area (Å²) in [6.07, 6.45) is -1.77. The van der Waals surface area contributed by atoms with Gasteiger partial charge in [0, 0.05) is 5.37 Å². The Morgan fingerprint density at radius 2 is 2.43 bits per heavy atom. The molecular formula is C3H4FNOS. The summed E-state index contributed by atoms with van der Waals surface area (Å²) in [6, 6.07) is 0. The second kappa shape index (κ2) is 2.63. The summed E-state index contributed by atoms with van der Waals surface area (Å²) in [4.78, 5) is 9.68. The van der Waals surface area contributed by atoms with Gasteiger partial charge in [-0.15, -0.1) is 0 Å². The van der Waals surface area contributed by atoms with Gasteiger partial charge in [0.2, 0.25) is 6.17 Å². The van der Waals surface area contributed by atoms with Crippen LogP contribution in [0, 0.1) is 0 Å². The quantitative estimate of drug-likeness (QED) is 0.514. The predicted octanol–water partition coefficient (Wildman–Crippen LogP) is -0.190. The average molecular weight is 121 g/mol. The van der Waals surface area contributed by atoms with Gasteiger partial charge in [0.15, 0.2) is 0 Å². The van der Waals surface area contributed by atoms with Crippen molar-refractivity contribution in [2.45, 2.75) is 6.17 Å². The maximum Gasteiger partial charge on any atom is 0.256 e. The number of thiocarbonyl (C=S) groups is 1. The molecule has 0 bridgehead atoms. The van der Waals surface area contributed by atoms with Crippen LogP contribution in [0.25, 0.3) is 0 Å². The number of hydrogen-bond donors (Lipinski definition) is 1. The summed E-state index contributed by atoms with van der Waals surface area (Å²) in [5, 5.41) is 0.683. The van der Waals surface area contributed by atoms with Crippen LogP contribution in [0.5, 0.6) is 0 Å². The number of hydrogen-bond acceptors (Lipinski definition) is 2. The van der Waals surface area contributed by atoms with Gasteiger partial charge in [-0.2, -0.15) is 0 Å². The summed E-state index contributed by atoms with van der Waals surface area (Å²) in [7, 11) is 0. The van der Waals surface area contributed by atoms with Gasteiger partial charge < -0.3 is 5.73 Å². The van der Waals surface area contributed by atoms with E-state index in [1.807, 2.05) is 0 Å². The molecule has 0 aliphatic heterocycles. The topological polar surface area (TPSA) is 43.1 Å². The third kappa shape index (κ3) is 2.22. The molecule has 0 saturated heterocycles. The van der Waals surface area contributed by atoms with Crippen molar-refractivity contribution in [3.63, 3.8) is 0 Å². The Morgan fingerprint density at radius 1 is 2.00 bits per heavy atom. The number of halogens is 1. The van der Waals surface area contributed by atoms with Crippen molar-refractivity contribution in [2.24, 2.45) is 5.73 Å². The zero-order valence-electron chi connectivity index (χ0n) is 3.43. The van der Waals surface area contributed by atoms with E-state index in [1.54, 1.807) is 0 Å². The molecule has 1 amide bonds. The lowest BCUT2D eigenvalue weighted by Gasteiger charge is -1.88. The fourth-order valence-electron chi connectivity index (χ4n) is 0.0671. The second-order valence-corrected chi connectivity index (χ2v) is 1.21. The van der Waals surface area contributed by atoms with Gasteiger partial charge in [-0.25, -0.2) is 4.39 Å². The Morgan fingerprint density at radius 3 is 2.43 bits per heavy atom. The molecule has 1 atom stereocenters. The van der Waals surface area contributed by atoms with E-state index in [0.29, 0.717) is 5.37 Å². The molecule has 1 unspecified atom stereocenters. The molecule has 0 spiro atoms. The third-order valence-corrected chi connectivity index (χ3v) is 0.630. The molecule has 0 aliphatic carbocycles. The number of carbonyl (C=O) groups is 1. The zero-order valence-corrected chi connectivity index (χ0v) is 4.24. The molecule has 0 saturated carbocycles. The van der Waals surface area contributed by atoms with E-state index >= 15 is 0 Å². The highest BCUT2D eigenvalue weighted by molar-refractivity contribution is 7.79. The van der Waals surface area contributed by atoms with Crippen LogP contribution in [-0.2, 0) is 4.79 Å². The fraction of sp³-hybridized carbons (Fsp3) is 0.333. The van der Waals surface area contributed by atoms with E-state index in [1.165, 1.54) is 0 Å². The lowest BCUT2D eigenvalue weighted by atomic mass is 10.4. The van der Waals surface area contributed by atoms with Crippen LogP contribution >= 0.6 is 12.2 Å². The molecule has 0 rings (SSSR count). The van der Waals surface area contributed by atoms with Gasteiger partial charge in [0.05, 0.1) is 0 Å². The average Bonchev–Trinajstić information content (AvgIpc) is 1.65. The Labute approximate surface area is 45.5 Å². The minimum atomic E-state index is -1.77. The molecule has 7 heavy (non-hydrogen) atoms. The third-order valence-electron chi connectivity index (χ3n) is 0.391. The summed E-state index contributed by atoms with van der Waals surface area (Å²) >= 11 is 4.05. The summed E-state index contributed by atoms with van der Waals surface area (Å²) in [5.41, 5.74) is 4.43. The van der Waals surface area contributed by atoms with Gasteiger partial charge in [-0.3, -0.25) is 4.79 Å². The molecule has 2 nitrogen and oxygen atoms in total. The first-order chi connectivity index (χ1) is 3.18. The lowest BCUT2D eigenvalue weighted by molar-refractivity contribution is -0.120. The molecule has 40 valence electrons. The first-order valence-electron chi connectivity index (χ1n) is 1.57. The largest absolute Gasteiger partial charge is 0.367 e. The second-order valence-electron chi connectivity index (χ2n) is 0.940. The predicted molar refractivity (Wildman–Crippen MR) is 27.7 cm³/mol. The van der Waals surface area contributed by atoms with Crippen LogP contribution in [0.2, 0.25) is 0 Å². The number of nitrogens with two attached hydrogens (primary N) is 1. The Balaban J connectivity index is 3.55. The molecule has 0 aromatic carbocycles. The minimum Gasteiger partial charge on any atom is -0.367 e. The number of rotatable bonds is 2. The number of alkyl halides is 1. The highest BCUT2D eigenvalue weighted by atomic mass is 32.1. The van der Waals surface area contributed by atoms with Gasteiger partial charge in [-0.05, 0) is 0 Å². The van der Waals surface area contributed by atoms with Gasteiger partial charge in [0.25, 0.3) is 5.91 Å². The summed E-state index contributed by atoms with van der Waals surface area (Å²) in [6.45, 7) is 0. The smallest absolute Gasteiger partial charge is 0.256 e. The van der Waals surface area contributed by atoms with Crippen LogP contribution in [-0.4, -0.2) is 17.4 Å². The van der Waals surface area contributed by atoms with E-state index in [4.69, 9.17) is 0 Å². The van der Waals surface area contributed by atoms with Crippen molar-refractivity contribution in [2.75, 3.05) is 0 Å². The van der Waals surface area contributed by atoms with Crippen molar-refractivity contribution in [3.8, 4) is 0 Å². The monoisotopic (exact) mass is 121 g/mol. The first kappa shape index (κ1) is 6.49. The molecule has 0 aromatic rings. The van der Waals surface area contributed by atoms with Crippen molar-refractivity contribution in [1.29, 1.82) is 0 Å². The van der Waals surface area contributed by atoms with Crippen LogP contribution in [0.15, 0.2) is 0 Å². The highest BCUT2D eigenvalue weighted by Crippen LogP contribution is 1.81. The molecule has 0 aliphatic rings. The highest BCUT2D eigenvalue weighted by Gasteiger charge is 2.06. The fourth-order valence-corrected chi connectivity index (χ4v) is 0.201. The number of primary amides is 1. The Hall–Kier alpha value is -0.510. The minimum absolute atomic E-state index is 0.683. The maximum atomic E-state index is 11.6. The maximum absolute atomic E-state index is 11.6. The van der Waals surface area contributed by atoms with Crippen LogP contribution < -0.4 is 5.73 Å². The Bertz CT molecular complexity index is 94.9. The lowest BCUT2D eigenvalue weighted by Crippen LogP contribution is -2.24. The van der Waals surface area contributed by atoms with Crippen molar-refractivity contribution >= 4 is 23.5 Å². The standard InChI is InChI=1S/C3H4FNOS/c4-2(1-7)3(5)6/h1-2H,(H2,5,6). The van der Waals surface area contributed by atoms with E-state index in [9.17, 15) is 9.18 Å². The van der Waals surface area contributed by atoms with E-state index in [2.05, 4.69) is 18.0 Å². The molecular weight excluding hydrogens is 117 g/mol. The van der Waals surface area contributed by atoms with Crippen LogP contribution in [0.1, 0.15) is 0 Å². The molecule has 0 aromatic heterocycles. The number of carbonyl (C=O) groups excluding carboxylic acids is 1. The number of amides is 1. The van der Waals surface area contributed by atoms with Gasteiger partial charge in [-0.1, -0.05) is 12.2 Å². The Kier molecular flexibility index (Phi) is 2.44. The van der Waals surface area contributed by atoms with Crippen molar-refractivity contribution in [3.05, 3.63) is 0 Å². The van der Waals surface area contributed by atoms with E-state index < -0.39 is 12.1 Å². The zero-order chi connectivity index (χ0) is 5.86. The molecule has 0 radical (unpaired) electrons. The molecule has 0 heterocycles. The summed E-state index contributed by atoms with van der Waals surface area (Å²) < 4.78 is 11.6. The van der Waals surface area contributed by atoms with Crippen LogP contribution in [0.3, 0.4) is 0 Å². The van der Waals surface area contributed by atoms with Crippen molar-refractivity contribution in [1.82, 2.24) is 0 Å². The van der Waals surface area contributed by atoms with E-state index in [0.717, 1.165) is 0 Å². The van der Waals surface area contributed by atoms with Crippen LogP contribution in [0.4, 0.5) is 4.39 Å². The van der Waals surface area contributed by atoms with Gasteiger partial charge >= 0.3 is 0 Å². The summed E-state index contributed by atoms with van der Waals surface area (Å²) in [5.74, 6) is -1.03. The SMILES string of the molecule is NC(=O)C(F)C=S. The van der Waals surface area contributed by atoms with Gasteiger partial charge in [0.1, 0.15) is 0 Å².